The lowest BCUT2D eigenvalue weighted by molar-refractivity contribution is 0.0755. The normalized spacial score (nSPS) is 16.0. The molecule has 0 atom stereocenters. The fraction of sp³-hybridized carbons (Fsp3) is 0.333. The smallest absolute Gasteiger partial charge is 0.257 e. The first-order valence-electron chi connectivity index (χ1n) is 10.5. The minimum atomic E-state index is -0.421. The standard InChI is InChI=1S/C24H25FN4O2/c1-27-14-16-4-3-5-18(20(16)15-27)21-13-26-23-8-9-28(10-11-29(21)23)24(30)19-7-6-17(25)12-22(19)31-2/h3-7,12-13H,8-11,14-15H2,1-2H3. The van der Waals surface area contributed by atoms with E-state index in [0.29, 0.717) is 31.6 Å². The van der Waals surface area contributed by atoms with E-state index in [4.69, 9.17) is 4.74 Å². The predicted octanol–water partition coefficient (Wildman–Crippen LogP) is 3.34. The molecule has 0 bridgehead atoms. The number of nitrogens with zero attached hydrogens (tertiary/aromatic N) is 4. The van der Waals surface area contributed by atoms with Crippen molar-refractivity contribution in [1.82, 2.24) is 19.4 Å². The Bertz CT molecular complexity index is 1160. The maximum atomic E-state index is 13.5. The van der Waals surface area contributed by atoms with Gasteiger partial charge in [-0.25, -0.2) is 9.37 Å². The van der Waals surface area contributed by atoms with Crippen LogP contribution in [0.5, 0.6) is 5.75 Å². The minimum Gasteiger partial charge on any atom is -0.496 e. The summed E-state index contributed by atoms with van der Waals surface area (Å²) in [5.74, 6) is 0.679. The number of halogens is 1. The molecule has 0 radical (unpaired) electrons. The maximum Gasteiger partial charge on any atom is 0.257 e. The fourth-order valence-electron chi connectivity index (χ4n) is 4.69. The Morgan fingerprint density at radius 2 is 2.00 bits per heavy atom. The van der Waals surface area contributed by atoms with Crippen LogP contribution in [-0.4, -0.2) is 52.5 Å². The van der Waals surface area contributed by atoms with Crippen LogP contribution in [0.1, 0.15) is 27.3 Å². The topological polar surface area (TPSA) is 50.6 Å². The van der Waals surface area contributed by atoms with Gasteiger partial charge in [0.15, 0.2) is 0 Å². The number of hydrogen-bond acceptors (Lipinski definition) is 4. The molecule has 0 saturated heterocycles. The zero-order chi connectivity index (χ0) is 21.5. The van der Waals surface area contributed by atoms with E-state index in [1.54, 1.807) is 4.90 Å². The maximum absolute atomic E-state index is 13.5. The lowest BCUT2D eigenvalue weighted by Gasteiger charge is -2.21. The average molecular weight is 420 g/mol. The zero-order valence-electron chi connectivity index (χ0n) is 17.8. The summed E-state index contributed by atoms with van der Waals surface area (Å²) in [5.41, 5.74) is 5.44. The summed E-state index contributed by atoms with van der Waals surface area (Å²) in [4.78, 5) is 21.9. The van der Waals surface area contributed by atoms with Crippen LogP contribution >= 0.6 is 0 Å². The molecule has 5 rings (SSSR count). The lowest BCUT2D eigenvalue weighted by Crippen LogP contribution is -2.34. The van der Waals surface area contributed by atoms with Crippen LogP contribution in [0.25, 0.3) is 11.3 Å². The highest BCUT2D eigenvalue weighted by Gasteiger charge is 2.26. The van der Waals surface area contributed by atoms with Crippen LogP contribution in [0, 0.1) is 5.82 Å². The van der Waals surface area contributed by atoms with E-state index in [2.05, 4.69) is 39.7 Å². The second-order valence-electron chi connectivity index (χ2n) is 8.21. The number of imidazole rings is 1. The van der Waals surface area contributed by atoms with Crippen LogP contribution in [0.15, 0.2) is 42.6 Å². The molecule has 7 heteroatoms. The first-order chi connectivity index (χ1) is 15.0. The first kappa shape index (κ1) is 19.8. The van der Waals surface area contributed by atoms with Gasteiger partial charge >= 0.3 is 0 Å². The molecule has 3 aromatic rings. The first-order valence-corrected chi connectivity index (χ1v) is 10.5. The van der Waals surface area contributed by atoms with Crippen molar-refractivity contribution < 1.29 is 13.9 Å². The van der Waals surface area contributed by atoms with Gasteiger partial charge in [0, 0.05) is 50.8 Å². The van der Waals surface area contributed by atoms with Crippen molar-refractivity contribution in [3.63, 3.8) is 0 Å². The average Bonchev–Trinajstić information content (AvgIpc) is 3.28. The van der Waals surface area contributed by atoms with Crippen molar-refractivity contribution in [1.29, 1.82) is 0 Å². The molecule has 0 fully saturated rings. The van der Waals surface area contributed by atoms with Gasteiger partial charge in [0.25, 0.3) is 5.91 Å². The molecule has 0 N–H and O–H groups in total. The minimum absolute atomic E-state index is 0.147. The number of benzene rings is 2. The van der Waals surface area contributed by atoms with Gasteiger partial charge in [0.2, 0.25) is 0 Å². The van der Waals surface area contributed by atoms with E-state index < -0.39 is 5.82 Å². The molecular formula is C24H25FN4O2. The molecule has 160 valence electrons. The molecule has 1 aromatic heterocycles. The Balaban J connectivity index is 1.42. The summed E-state index contributed by atoms with van der Waals surface area (Å²) < 4.78 is 21.0. The SMILES string of the molecule is COc1cc(F)ccc1C(=O)N1CCc2ncc(-c3cccc4c3CN(C)C4)n2CC1. The largest absolute Gasteiger partial charge is 0.496 e. The second-order valence-corrected chi connectivity index (χ2v) is 8.21. The van der Waals surface area contributed by atoms with Gasteiger partial charge < -0.3 is 14.2 Å². The van der Waals surface area contributed by atoms with Crippen molar-refractivity contribution in [2.45, 2.75) is 26.1 Å². The van der Waals surface area contributed by atoms with Gasteiger partial charge in [-0.2, -0.15) is 0 Å². The van der Waals surface area contributed by atoms with Crippen molar-refractivity contribution in [3.05, 3.63) is 70.9 Å². The van der Waals surface area contributed by atoms with E-state index in [-0.39, 0.29) is 11.7 Å². The molecule has 2 aliphatic heterocycles. The summed E-state index contributed by atoms with van der Waals surface area (Å²) in [6.07, 6.45) is 2.63. The molecule has 1 amide bonds. The van der Waals surface area contributed by atoms with Gasteiger partial charge in [-0.15, -0.1) is 0 Å². The number of rotatable bonds is 3. The van der Waals surface area contributed by atoms with Crippen molar-refractivity contribution in [3.8, 4) is 17.0 Å². The number of fused-ring (bicyclic) bond motifs is 2. The zero-order valence-corrected chi connectivity index (χ0v) is 17.8. The third-order valence-corrected chi connectivity index (χ3v) is 6.24. The van der Waals surface area contributed by atoms with Crippen LogP contribution in [-0.2, 0) is 26.1 Å². The Morgan fingerprint density at radius 3 is 2.84 bits per heavy atom. The summed E-state index contributed by atoms with van der Waals surface area (Å²) in [7, 11) is 3.58. The molecular weight excluding hydrogens is 395 g/mol. The number of hydrogen-bond donors (Lipinski definition) is 0. The van der Waals surface area contributed by atoms with Gasteiger partial charge in [0.05, 0.1) is 24.6 Å². The summed E-state index contributed by atoms with van der Waals surface area (Å²) in [6.45, 7) is 3.68. The van der Waals surface area contributed by atoms with Crippen LogP contribution < -0.4 is 4.74 Å². The van der Waals surface area contributed by atoms with E-state index in [0.717, 1.165) is 24.6 Å². The molecule has 0 aliphatic carbocycles. The Morgan fingerprint density at radius 1 is 1.13 bits per heavy atom. The molecule has 0 saturated carbocycles. The molecule has 6 nitrogen and oxygen atoms in total. The predicted molar refractivity (Wildman–Crippen MR) is 115 cm³/mol. The van der Waals surface area contributed by atoms with E-state index >= 15 is 0 Å². The fourth-order valence-corrected chi connectivity index (χ4v) is 4.69. The molecule has 2 aromatic carbocycles. The number of carbonyl (C=O) groups excluding carboxylic acids is 1. The van der Waals surface area contributed by atoms with E-state index in [1.807, 2.05) is 6.20 Å². The van der Waals surface area contributed by atoms with Gasteiger partial charge in [-0.3, -0.25) is 9.69 Å². The number of ether oxygens (including phenoxy) is 1. The van der Waals surface area contributed by atoms with Crippen molar-refractivity contribution in [2.24, 2.45) is 0 Å². The van der Waals surface area contributed by atoms with Crippen LogP contribution in [0.4, 0.5) is 4.39 Å². The third kappa shape index (κ3) is 3.49. The highest BCUT2D eigenvalue weighted by atomic mass is 19.1. The summed E-state index contributed by atoms with van der Waals surface area (Å²) in [6, 6.07) is 10.5. The van der Waals surface area contributed by atoms with Gasteiger partial charge in [0.1, 0.15) is 17.4 Å². The van der Waals surface area contributed by atoms with Crippen LogP contribution in [0.2, 0.25) is 0 Å². The summed E-state index contributed by atoms with van der Waals surface area (Å²) in [5, 5.41) is 0. The third-order valence-electron chi connectivity index (χ3n) is 6.24. The highest BCUT2D eigenvalue weighted by Crippen LogP contribution is 2.33. The number of carbonyl (C=O) groups is 1. The van der Waals surface area contributed by atoms with Gasteiger partial charge in [-0.05, 0) is 30.3 Å². The number of aromatic nitrogens is 2. The van der Waals surface area contributed by atoms with Gasteiger partial charge in [-0.1, -0.05) is 18.2 Å². The quantitative estimate of drug-likeness (QED) is 0.652. The lowest BCUT2D eigenvalue weighted by atomic mass is 10.0. The highest BCUT2D eigenvalue weighted by molar-refractivity contribution is 5.97. The number of amides is 1. The monoisotopic (exact) mass is 420 g/mol. The molecule has 0 spiro atoms. The second kappa shape index (κ2) is 7.81. The van der Waals surface area contributed by atoms with Crippen LogP contribution in [0.3, 0.4) is 0 Å². The van der Waals surface area contributed by atoms with E-state index in [1.165, 1.54) is 42.0 Å². The number of methoxy groups -OCH3 is 1. The Labute approximate surface area is 180 Å². The summed E-state index contributed by atoms with van der Waals surface area (Å²) >= 11 is 0. The van der Waals surface area contributed by atoms with Crippen molar-refractivity contribution >= 4 is 5.91 Å². The van der Waals surface area contributed by atoms with Crippen molar-refractivity contribution in [2.75, 3.05) is 27.2 Å². The molecule has 31 heavy (non-hydrogen) atoms. The Hall–Kier alpha value is -3.19. The molecule has 3 heterocycles. The Kier molecular flexibility index (Phi) is 4.98. The molecule has 2 aliphatic rings. The molecule has 0 unspecified atom stereocenters. The van der Waals surface area contributed by atoms with E-state index in [9.17, 15) is 9.18 Å².